The zero-order valence-corrected chi connectivity index (χ0v) is 10.3. The number of rotatable bonds is 5. The maximum Gasteiger partial charge on any atom is 0.138 e. The molecule has 4 nitrogen and oxygen atoms in total. The molecule has 1 heterocycles. The Morgan fingerprint density at radius 3 is 2.87 bits per heavy atom. The van der Waals surface area contributed by atoms with E-state index in [1.54, 1.807) is 0 Å². The molecule has 2 rings (SSSR count). The van der Waals surface area contributed by atoms with Crippen molar-refractivity contribution in [2.75, 3.05) is 13.6 Å². The molecule has 1 fully saturated rings. The predicted octanol–water partition coefficient (Wildman–Crippen LogP) is 1.36. The number of likely N-dealkylation sites (N-methyl/N-ethyl adjacent to an activating group) is 1. The zero-order valence-electron chi connectivity index (χ0n) is 8.69. The number of nitrogens with two attached hydrogens (primary N) is 1. The summed E-state index contributed by atoms with van der Waals surface area (Å²) in [5, 5.41) is 4.01. The van der Waals surface area contributed by atoms with Crippen LogP contribution in [0.3, 0.4) is 0 Å². The van der Waals surface area contributed by atoms with Crippen LogP contribution < -0.4 is 5.73 Å². The standard InChI is InChI=1S/C9H15ClN4S/c1-14(8(4-11)6-2-3-6)5-7-9(10)15-13-12-7/h6,8H,2-5,11H2,1H3. The van der Waals surface area contributed by atoms with Crippen molar-refractivity contribution in [3.8, 4) is 0 Å². The second-order valence-corrected chi connectivity index (χ2v) is 5.41. The summed E-state index contributed by atoms with van der Waals surface area (Å²) in [6.07, 6.45) is 2.60. The first-order valence-corrected chi connectivity index (χ1v) is 6.24. The molecule has 1 aromatic heterocycles. The summed E-state index contributed by atoms with van der Waals surface area (Å²) in [5.41, 5.74) is 6.64. The lowest BCUT2D eigenvalue weighted by Crippen LogP contribution is -2.39. The molecule has 0 aliphatic heterocycles. The Hall–Kier alpha value is -0.230. The highest BCUT2D eigenvalue weighted by Crippen LogP contribution is 2.35. The van der Waals surface area contributed by atoms with Gasteiger partial charge in [0.1, 0.15) is 10.0 Å². The second kappa shape index (κ2) is 4.74. The molecule has 0 saturated heterocycles. The Morgan fingerprint density at radius 2 is 2.40 bits per heavy atom. The minimum Gasteiger partial charge on any atom is -0.329 e. The van der Waals surface area contributed by atoms with Gasteiger partial charge in [0.25, 0.3) is 0 Å². The van der Waals surface area contributed by atoms with E-state index in [2.05, 4.69) is 21.5 Å². The fourth-order valence-electron chi connectivity index (χ4n) is 1.86. The topological polar surface area (TPSA) is 55.0 Å². The van der Waals surface area contributed by atoms with E-state index in [1.807, 2.05) is 0 Å². The summed E-state index contributed by atoms with van der Waals surface area (Å²) in [6, 6.07) is 0.461. The molecule has 6 heteroatoms. The molecular formula is C9H15ClN4S. The summed E-state index contributed by atoms with van der Waals surface area (Å²) in [7, 11) is 2.07. The smallest absolute Gasteiger partial charge is 0.138 e. The summed E-state index contributed by atoms with van der Waals surface area (Å²) < 4.78 is 4.51. The first kappa shape index (κ1) is 11.3. The summed E-state index contributed by atoms with van der Waals surface area (Å²) >= 11 is 7.20. The van der Waals surface area contributed by atoms with Crippen LogP contribution in [0.4, 0.5) is 0 Å². The van der Waals surface area contributed by atoms with Crippen LogP contribution in [0.1, 0.15) is 18.5 Å². The highest BCUT2D eigenvalue weighted by molar-refractivity contribution is 7.10. The van der Waals surface area contributed by atoms with Crippen molar-refractivity contribution >= 4 is 23.1 Å². The van der Waals surface area contributed by atoms with E-state index in [9.17, 15) is 0 Å². The maximum atomic E-state index is 5.96. The van der Waals surface area contributed by atoms with E-state index < -0.39 is 0 Å². The van der Waals surface area contributed by atoms with Crippen molar-refractivity contribution in [1.29, 1.82) is 0 Å². The normalized spacial score (nSPS) is 18.4. The molecule has 0 amide bonds. The summed E-state index contributed by atoms with van der Waals surface area (Å²) in [4.78, 5) is 2.24. The van der Waals surface area contributed by atoms with Gasteiger partial charge >= 0.3 is 0 Å². The first-order chi connectivity index (χ1) is 7.22. The van der Waals surface area contributed by atoms with Crippen molar-refractivity contribution in [3.63, 3.8) is 0 Å². The molecule has 1 aliphatic carbocycles. The lowest BCUT2D eigenvalue weighted by molar-refractivity contribution is 0.213. The quantitative estimate of drug-likeness (QED) is 0.853. The molecule has 1 atom stereocenters. The lowest BCUT2D eigenvalue weighted by Gasteiger charge is -2.25. The average Bonchev–Trinajstić information content (AvgIpc) is 2.95. The van der Waals surface area contributed by atoms with Crippen molar-refractivity contribution in [2.24, 2.45) is 11.7 Å². The van der Waals surface area contributed by atoms with Crippen LogP contribution in [0.25, 0.3) is 0 Å². The van der Waals surface area contributed by atoms with Gasteiger partial charge in [0, 0.05) is 30.7 Å². The maximum absolute atomic E-state index is 5.96. The Labute approximate surface area is 98.6 Å². The molecule has 1 aromatic rings. The molecule has 2 N–H and O–H groups in total. The molecule has 1 aliphatic rings. The van der Waals surface area contributed by atoms with Crippen LogP contribution in [0.5, 0.6) is 0 Å². The van der Waals surface area contributed by atoms with Gasteiger partial charge in [-0.15, -0.1) is 5.10 Å². The molecule has 84 valence electrons. The van der Waals surface area contributed by atoms with Gasteiger partial charge in [-0.3, -0.25) is 4.90 Å². The third-order valence-corrected chi connectivity index (χ3v) is 3.87. The highest BCUT2D eigenvalue weighted by atomic mass is 35.5. The van der Waals surface area contributed by atoms with Crippen molar-refractivity contribution < 1.29 is 0 Å². The third kappa shape index (κ3) is 2.66. The minimum absolute atomic E-state index is 0.461. The van der Waals surface area contributed by atoms with Crippen LogP contribution >= 0.6 is 23.1 Å². The van der Waals surface area contributed by atoms with Gasteiger partial charge in [-0.25, -0.2) is 0 Å². The molecule has 1 unspecified atom stereocenters. The Bertz CT molecular complexity index is 326. The van der Waals surface area contributed by atoms with Gasteiger partial charge in [0.2, 0.25) is 0 Å². The highest BCUT2D eigenvalue weighted by Gasteiger charge is 2.33. The number of hydrogen-bond acceptors (Lipinski definition) is 5. The third-order valence-electron chi connectivity index (χ3n) is 2.88. The van der Waals surface area contributed by atoms with E-state index in [0.717, 1.165) is 18.2 Å². The fourth-order valence-corrected chi connectivity index (χ4v) is 2.47. The summed E-state index contributed by atoms with van der Waals surface area (Å²) in [6.45, 7) is 1.45. The van der Waals surface area contributed by atoms with Crippen LogP contribution in [0, 0.1) is 5.92 Å². The monoisotopic (exact) mass is 246 g/mol. The predicted molar refractivity (Wildman–Crippen MR) is 62.0 cm³/mol. The van der Waals surface area contributed by atoms with Gasteiger partial charge in [0.05, 0.1) is 0 Å². The first-order valence-electron chi connectivity index (χ1n) is 5.09. The van der Waals surface area contributed by atoms with Crippen LogP contribution in [0.15, 0.2) is 0 Å². The zero-order chi connectivity index (χ0) is 10.8. The van der Waals surface area contributed by atoms with Crippen LogP contribution in [0.2, 0.25) is 4.34 Å². The van der Waals surface area contributed by atoms with E-state index in [4.69, 9.17) is 17.3 Å². The number of hydrogen-bond donors (Lipinski definition) is 1. The SMILES string of the molecule is CN(Cc1nnsc1Cl)C(CN)C1CC1. The van der Waals surface area contributed by atoms with E-state index in [0.29, 0.717) is 16.9 Å². The van der Waals surface area contributed by atoms with Crippen molar-refractivity contribution in [3.05, 3.63) is 10.0 Å². The van der Waals surface area contributed by atoms with Gasteiger partial charge in [-0.2, -0.15) is 0 Å². The number of halogens is 1. The molecule has 0 bridgehead atoms. The molecule has 0 radical (unpaired) electrons. The largest absolute Gasteiger partial charge is 0.329 e. The minimum atomic E-state index is 0.461. The van der Waals surface area contributed by atoms with E-state index >= 15 is 0 Å². The van der Waals surface area contributed by atoms with Crippen LogP contribution in [-0.4, -0.2) is 34.1 Å². The molecule has 0 spiro atoms. The van der Waals surface area contributed by atoms with E-state index in [-0.39, 0.29) is 0 Å². The van der Waals surface area contributed by atoms with Crippen LogP contribution in [-0.2, 0) is 6.54 Å². The van der Waals surface area contributed by atoms with E-state index in [1.165, 1.54) is 24.4 Å². The number of aromatic nitrogens is 2. The summed E-state index contributed by atoms with van der Waals surface area (Å²) in [5.74, 6) is 0.769. The molecule has 0 aromatic carbocycles. The fraction of sp³-hybridized carbons (Fsp3) is 0.778. The molecule has 1 saturated carbocycles. The van der Waals surface area contributed by atoms with Gasteiger partial charge < -0.3 is 5.73 Å². The van der Waals surface area contributed by atoms with Crippen molar-refractivity contribution in [2.45, 2.75) is 25.4 Å². The average molecular weight is 247 g/mol. The van der Waals surface area contributed by atoms with Gasteiger partial charge in [-0.1, -0.05) is 16.1 Å². The molecular weight excluding hydrogens is 232 g/mol. The molecule has 15 heavy (non-hydrogen) atoms. The Kier molecular flexibility index (Phi) is 3.56. The lowest BCUT2D eigenvalue weighted by atomic mass is 10.1. The van der Waals surface area contributed by atoms with Gasteiger partial charge in [-0.05, 0) is 25.8 Å². The van der Waals surface area contributed by atoms with Gasteiger partial charge in [0.15, 0.2) is 0 Å². The number of nitrogens with zero attached hydrogens (tertiary/aromatic N) is 3. The Balaban J connectivity index is 1.95. The second-order valence-electron chi connectivity index (χ2n) is 4.05. The Morgan fingerprint density at radius 1 is 1.67 bits per heavy atom. The van der Waals surface area contributed by atoms with Crippen molar-refractivity contribution in [1.82, 2.24) is 14.5 Å².